The quantitative estimate of drug-likeness (QED) is 0.501. The van der Waals surface area contributed by atoms with Crippen LogP contribution in [0.4, 0.5) is 0 Å². The summed E-state index contributed by atoms with van der Waals surface area (Å²) in [5.41, 5.74) is 5.40. The molecule has 0 fully saturated rings. The van der Waals surface area contributed by atoms with Gasteiger partial charge in [-0.3, -0.25) is 0 Å². The van der Waals surface area contributed by atoms with E-state index >= 15 is 0 Å². The first-order valence-electron chi connectivity index (χ1n) is 10.6. The van der Waals surface area contributed by atoms with E-state index < -0.39 is 12.1 Å². The van der Waals surface area contributed by atoms with Crippen LogP contribution in [-0.4, -0.2) is 28.8 Å². The molecule has 5 heteroatoms. The SMILES string of the molecule is O=C(O)c1ccc(C#Cc2ccc3c(c2)C[C@@H](NC[C@H](O)c2cccc(Cl)c2)CC3)cc1. The van der Waals surface area contributed by atoms with Crippen molar-refractivity contribution in [2.24, 2.45) is 0 Å². The molecule has 0 aliphatic heterocycles. The van der Waals surface area contributed by atoms with Crippen molar-refractivity contribution < 1.29 is 15.0 Å². The Bertz CT molecular complexity index is 1180. The van der Waals surface area contributed by atoms with E-state index in [-0.39, 0.29) is 5.56 Å². The van der Waals surface area contributed by atoms with Gasteiger partial charge in [-0.2, -0.15) is 0 Å². The van der Waals surface area contributed by atoms with Crippen LogP contribution < -0.4 is 5.32 Å². The van der Waals surface area contributed by atoms with Gasteiger partial charge < -0.3 is 15.5 Å². The Morgan fingerprint density at radius 2 is 1.78 bits per heavy atom. The molecule has 1 aliphatic rings. The Morgan fingerprint density at radius 1 is 1.03 bits per heavy atom. The highest BCUT2D eigenvalue weighted by molar-refractivity contribution is 6.30. The van der Waals surface area contributed by atoms with Crippen molar-refractivity contribution in [2.45, 2.75) is 31.4 Å². The number of hydrogen-bond acceptors (Lipinski definition) is 3. The van der Waals surface area contributed by atoms with E-state index in [4.69, 9.17) is 16.7 Å². The number of halogens is 1. The predicted molar refractivity (Wildman–Crippen MR) is 126 cm³/mol. The summed E-state index contributed by atoms with van der Waals surface area (Å²) in [5.74, 6) is 5.34. The minimum atomic E-state index is -0.942. The Balaban J connectivity index is 1.39. The van der Waals surface area contributed by atoms with E-state index in [0.29, 0.717) is 17.6 Å². The molecule has 0 saturated heterocycles. The Kier molecular flexibility index (Phi) is 6.92. The highest BCUT2D eigenvalue weighted by Crippen LogP contribution is 2.24. The van der Waals surface area contributed by atoms with Crippen LogP contribution in [0.25, 0.3) is 0 Å². The molecule has 0 heterocycles. The third kappa shape index (κ3) is 5.57. The number of carboxylic acids is 1. The van der Waals surface area contributed by atoms with Gasteiger partial charge in [0.15, 0.2) is 0 Å². The standard InChI is InChI=1S/C27H24ClNO3/c28-24-3-1-2-22(15-24)26(30)17-29-25-13-12-20-9-8-19(14-23(20)16-25)5-4-18-6-10-21(11-7-18)27(31)32/h1-3,6-11,14-15,25-26,29-30H,12-13,16-17H2,(H,31,32)/t25-,26-/m0/s1. The van der Waals surface area contributed by atoms with Crippen LogP contribution in [0.1, 0.15) is 50.7 Å². The van der Waals surface area contributed by atoms with Crippen LogP contribution in [-0.2, 0) is 12.8 Å². The molecule has 0 aromatic heterocycles. The number of carbonyl (C=O) groups is 1. The maximum atomic E-state index is 11.0. The minimum Gasteiger partial charge on any atom is -0.478 e. The molecule has 162 valence electrons. The molecule has 4 rings (SSSR count). The molecule has 4 nitrogen and oxygen atoms in total. The highest BCUT2D eigenvalue weighted by atomic mass is 35.5. The van der Waals surface area contributed by atoms with E-state index in [0.717, 1.165) is 36.0 Å². The monoisotopic (exact) mass is 445 g/mol. The van der Waals surface area contributed by atoms with Crippen LogP contribution >= 0.6 is 11.6 Å². The van der Waals surface area contributed by atoms with Crippen LogP contribution in [0.2, 0.25) is 5.02 Å². The van der Waals surface area contributed by atoms with Gasteiger partial charge in [0.1, 0.15) is 0 Å². The van der Waals surface area contributed by atoms with Crippen molar-refractivity contribution in [3.63, 3.8) is 0 Å². The van der Waals surface area contributed by atoms with Crippen molar-refractivity contribution >= 4 is 17.6 Å². The van der Waals surface area contributed by atoms with E-state index in [2.05, 4.69) is 29.3 Å². The van der Waals surface area contributed by atoms with Crippen molar-refractivity contribution in [2.75, 3.05) is 6.54 Å². The number of aryl methyl sites for hydroxylation is 1. The molecule has 3 N–H and O–H groups in total. The number of aromatic carboxylic acids is 1. The summed E-state index contributed by atoms with van der Waals surface area (Å²) in [6.07, 6.45) is 2.31. The first kappa shape index (κ1) is 22.1. The molecular formula is C27H24ClNO3. The van der Waals surface area contributed by atoms with Gasteiger partial charge in [0.05, 0.1) is 11.7 Å². The van der Waals surface area contributed by atoms with Crippen LogP contribution in [0, 0.1) is 11.8 Å². The second kappa shape index (κ2) is 10.0. The van der Waals surface area contributed by atoms with Gasteiger partial charge in [0.25, 0.3) is 0 Å². The number of nitrogens with one attached hydrogen (secondary N) is 1. The number of rotatable bonds is 5. The number of aliphatic hydroxyl groups excluding tert-OH is 1. The topological polar surface area (TPSA) is 69.6 Å². The maximum absolute atomic E-state index is 11.0. The number of fused-ring (bicyclic) bond motifs is 1. The first-order chi connectivity index (χ1) is 15.5. The lowest BCUT2D eigenvalue weighted by molar-refractivity contribution is 0.0697. The Hall–Kier alpha value is -3.10. The summed E-state index contributed by atoms with van der Waals surface area (Å²) in [4.78, 5) is 11.0. The van der Waals surface area contributed by atoms with Gasteiger partial charge in [-0.05, 0) is 84.5 Å². The van der Waals surface area contributed by atoms with E-state index in [1.54, 1.807) is 36.4 Å². The molecule has 0 radical (unpaired) electrons. The fourth-order valence-electron chi connectivity index (χ4n) is 3.96. The lowest BCUT2D eigenvalue weighted by Crippen LogP contribution is -2.37. The van der Waals surface area contributed by atoms with Gasteiger partial charge in [-0.1, -0.05) is 41.6 Å². The normalized spacial score (nSPS) is 15.9. The van der Waals surface area contributed by atoms with Gasteiger partial charge in [-0.25, -0.2) is 4.79 Å². The maximum Gasteiger partial charge on any atom is 0.335 e. The summed E-state index contributed by atoms with van der Waals surface area (Å²) in [5, 5.41) is 23.6. The van der Waals surface area contributed by atoms with Gasteiger partial charge in [0, 0.05) is 28.7 Å². The fraction of sp³-hybridized carbons (Fsp3) is 0.222. The highest BCUT2D eigenvalue weighted by Gasteiger charge is 2.19. The number of carboxylic acid groups (broad SMARTS) is 1. The molecule has 3 aromatic carbocycles. The summed E-state index contributed by atoms with van der Waals surface area (Å²) in [7, 11) is 0. The largest absolute Gasteiger partial charge is 0.478 e. The summed E-state index contributed by atoms with van der Waals surface area (Å²) < 4.78 is 0. The number of benzene rings is 3. The molecule has 1 aliphatic carbocycles. The van der Waals surface area contributed by atoms with Gasteiger partial charge in [0.2, 0.25) is 0 Å². The van der Waals surface area contributed by atoms with Gasteiger partial charge >= 0.3 is 5.97 Å². The number of hydrogen-bond donors (Lipinski definition) is 3. The molecule has 32 heavy (non-hydrogen) atoms. The minimum absolute atomic E-state index is 0.253. The van der Waals surface area contributed by atoms with E-state index in [1.807, 2.05) is 18.2 Å². The summed E-state index contributed by atoms with van der Waals surface area (Å²) in [6.45, 7) is 0.478. The Morgan fingerprint density at radius 3 is 2.53 bits per heavy atom. The fourth-order valence-corrected chi connectivity index (χ4v) is 4.16. The number of aliphatic hydroxyl groups is 1. The van der Waals surface area contributed by atoms with Crippen molar-refractivity contribution in [3.8, 4) is 11.8 Å². The van der Waals surface area contributed by atoms with Crippen molar-refractivity contribution in [1.82, 2.24) is 5.32 Å². The first-order valence-corrected chi connectivity index (χ1v) is 11.0. The molecule has 0 saturated carbocycles. The second-order valence-electron chi connectivity index (χ2n) is 8.03. The van der Waals surface area contributed by atoms with Crippen molar-refractivity contribution in [3.05, 3.63) is 105 Å². The molecule has 3 aromatic rings. The summed E-state index contributed by atoms with van der Waals surface area (Å²) in [6, 6.07) is 20.5. The van der Waals surface area contributed by atoms with Crippen LogP contribution in [0.3, 0.4) is 0 Å². The predicted octanol–water partition coefficient (Wildman–Crippen LogP) is 4.62. The zero-order chi connectivity index (χ0) is 22.5. The third-order valence-corrected chi connectivity index (χ3v) is 5.99. The lowest BCUT2D eigenvalue weighted by Gasteiger charge is -2.27. The molecule has 0 spiro atoms. The van der Waals surface area contributed by atoms with Crippen LogP contribution in [0.15, 0.2) is 66.7 Å². The third-order valence-electron chi connectivity index (χ3n) is 5.75. The van der Waals surface area contributed by atoms with E-state index in [1.165, 1.54) is 11.1 Å². The van der Waals surface area contributed by atoms with Crippen LogP contribution in [0.5, 0.6) is 0 Å². The lowest BCUT2D eigenvalue weighted by atomic mass is 9.87. The molecule has 0 unspecified atom stereocenters. The summed E-state index contributed by atoms with van der Waals surface area (Å²) >= 11 is 6.03. The molecule has 2 atom stereocenters. The Labute approximate surface area is 192 Å². The average molecular weight is 446 g/mol. The molecule has 0 bridgehead atoms. The smallest absolute Gasteiger partial charge is 0.335 e. The molecular weight excluding hydrogens is 422 g/mol. The second-order valence-corrected chi connectivity index (χ2v) is 8.47. The van der Waals surface area contributed by atoms with E-state index in [9.17, 15) is 9.90 Å². The van der Waals surface area contributed by atoms with Crippen molar-refractivity contribution in [1.29, 1.82) is 0 Å². The zero-order valence-electron chi connectivity index (χ0n) is 17.5. The zero-order valence-corrected chi connectivity index (χ0v) is 18.3. The average Bonchev–Trinajstić information content (AvgIpc) is 2.81. The molecule has 0 amide bonds. The van der Waals surface area contributed by atoms with Gasteiger partial charge in [-0.15, -0.1) is 0 Å².